The van der Waals surface area contributed by atoms with E-state index >= 15 is 0 Å². The Balaban J connectivity index is 2.47. The fraction of sp³-hybridized carbons (Fsp3) is 0.250. The molecule has 2 heteroatoms. The molecular weight excluding hydrogens is 244 g/mol. The molecular formula is C16H17ClO. The van der Waals surface area contributed by atoms with Crippen molar-refractivity contribution in [1.82, 2.24) is 0 Å². The van der Waals surface area contributed by atoms with E-state index in [9.17, 15) is 5.11 Å². The summed E-state index contributed by atoms with van der Waals surface area (Å²) >= 11 is 6.04. The maximum atomic E-state index is 10.5. The third-order valence-corrected chi connectivity index (χ3v) is 3.33. The van der Waals surface area contributed by atoms with Crippen molar-refractivity contribution in [2.45, 2.75) is 26.9 Å². The van der Waals surface area contributed by atoms with Crippen molar-refractivity contribution in [1.29, 1.82) is 0 Å². The van der Waals surface area contributed by atoms with Gasteiger partial charge in [0.05, 0.1) is 0 Å². The zero-order valence-electron chi connectivity index (χ0n) is 10.9. The van der Waals surface area contributed by atoms with Crippen molar-refractivity contribution in [3.8, 4) is 0 Å². The van der Waals surface area contributed by atoms with Gasteiger partial charge >= 0.3 is 0 Å². The smallest absolute Gasteiger partial charge is 0.104 e. The molecule has 2 rings (SSSR count). The minimum Gasteiger partial charge on any atom is -0.384 e. The molecule has 0 spiro atoms. The van der Waals surface area contributed by atoms with Crippen molar-refractivity contribution in [2.75, 3.05) is 0 Å². The highest BCUT2D eigenvalue weighted by atomic mass is 35.5. The van der Waals surface area contributed by atoms with Crippen LogP contribution in [0.25, 0.3) is 0 Å². The standard InChI is InChI=1S/C16H17ClO/c1-10-4-5-12(3)15(8-10)16(18)13-6-11(2)7-14(17)9-13/h4-9,16,18H,1-3H3. The van der Waals surface area contributed by atoms with Crippen LogP contribution < -0.4 is 0 Å². The first-order chi connectivity index (χ1) is 8.47. The summed E-state index contributed by atoms with van der Waals surface area (Å²) in [6.07, 6.45) is -0.623. The molecule has 0 amide bonds. The zero-order chi connectivity index (χ0) is 13.3. The second kappa shape index (κ2) is 5.13. The van der Waals surface area contributed by atoms with Crippen LogP contribution in [0.3, 0.4) is 0 Å². The topological polar surface area (TPSA) is 20.2 Å². The third-order valence-electron chi connectivity index (χ3n) is 3.11. The lowest BCUT2D eigenvalue weighted by molar-refractivity contribution is 0.219. The van der Waals surface area contributed by atoms with Crippen molar-refractivity contribution < 1.29 is 5.11 Å². The highest BCUT2D eigenvalue weighted by Gasteiger charge is 2.14. The first kappa shape index (κ1) is 13.1. The number of hydrogen-bond donors (Lipinski definition) is 1. The van der Waals surface area contributed by atoms with Crippen LogP contribution in [0.4, 0.5) is 0 Å². The van der Waals surface area contributed by atoms with E-state index in [1.807, 2.05) is 51.1 Å². The molecule has 0 aliphatic carbocycles. The van der Waals surface area contributed by atoms with Gasteiger partial charge in [-0.1, -0.05) is 41.4 Å². The lowest BCUT2D eigenvalue weighted by atomic mass is 9.95. The van der Waals surface area contributed by atoms with Crippen LogP contribution in [0.5, 0.6) is 0 Å². The summed E-state index contributed by atoms with van der Waals surface area (Å²) in [5.41, 5.74) is 5.08. The molecule has 1 N–H and O–H groups in total. The molecule has 0 saturated carbocycles. The van der Waals surface area contributed by atoms with Gasteiger partial charge in [0.2, 0.25) is 0 Å². The molecule has 0 heterocycles. The zero-order valence-corrected chi connectivity index (χ0v) is 11.6. The number of aryl methyl sites for hydroxylation is 3. The first-order valence-corrected chi connectivity index (χ1v) is 6.37. The van der Waals surface area contributed by atoms with Crippen molar-refractivity contribution in [3.63, 3.8) is 0 Å². The van der Waals surface area contributed by atoms with Gasteiger partial charge < -0.3 is 5.11 Å². The Bertz CT molecular complexity index is 555. The van der Waals surface area contributed by atoms with Crippen LogP contribution in [0.1, 0.15) is 33.9 Å². The monoisotopic (exact) mass is 260 g/mol. The summed E-state index contributed by atoms with van der Waals surface area (Å²) in [5, 5.41) is 11.1. The average Bonchev–Trinajstić information content (AvgIpc) is 2.30. The molecule has 0 saturated heterocycles. The molecule has 0 radical (unpaired) electrons. The van der Waals surface area contributed by atoms with Crippen LogP contribution in [-0.4, -0.2) is 5.11 Å². The molecule has 1 unspecified atom stereocenters. The number of aliphatic hydroxyl groups is 1. The quantitative estimate of drug-likeness (QED) is 0.851. The fourth-order valence-corrected chi connectivity index (χ4v) is 2.45. The number of benzene rings is 2. The Morgan fingerprint density at radius 3 is 2.33 bits per heavy atom. The van der Waals surface area contributed by atoms with Gasteiger partial charge in [0.1, 0.15) is 6.10 Å². The molecule has 0 fully saturated rings. The van der Waals surface area contributed by atoms with E-state index in [0.29, 0.717) is 5.02 Å². The summed E-state index contributed by atoms with van der Waals surface area (Å²) in [7, 11) is 0. The highest BCUT2D eigenvalue weighted by Crippen LogP contribution is 2.28. The van der Waals surface area contributed by atoms with Crippen molar-refractivity contribution >= 4 is 11.6 Å². The average molecular weight is 261 g/mol. The predicted molar refractivity (Wildman–Crippen MR) is 76.2 cm³/mol. The number of hydrogen-bond acceptors (Lipinski definition) is 1. The highest BCUT2D eigenvalue weighted by molar-refractivity contribution is 6.30. The molecule has 0 aliphatic rings. The molecule has 0 bridgehead atoms. The van der Waals surface area contributed by atoms with Gasteiger partial charge in [-0.15, -0.1) is 0 Å². The maximum absolute atomic E-state index is 10.5. The van der Waals surface area contributed by atoms with Crippen LogP contribution >= 0.6 is 11.6 Å². The second-order valence-corrected chi connectivity index (χ2v) is 5.26. The van der Waals surface area contributed by atoms with Crippen molar-refractivity contribution in [2.24, 2.45) is 0 Å². The molecule has 94 valence electrons. The molecule has 0 aliphatic heterocycles. The summed E-state index contributed by atoms with van der Waals surface area (Å²) in [6, 6.07) is 11.8. The van der Waals surface area contributed by atoms with E-state index < -0.39 is 6.10 Å². The number of rotatable bonds is 2. The van der Waals surface area contributed by atoms with Crippen molar-refractivity contribution in [3.05, 3.63) is 69.2 Å². The molecule has 2 aromatic carbocycles. The predicted octanol–water partition coefficient (Wildman–Crippen LogP) is 4.35. The minimum absolute atomic E-state index is 0.623. The Hall–Kier alpha value is -1.31. The van der Waals surface area contributed by atoms with E-state index in [0.717, 1.165) is 27.8 Å². The van der Waals surface area contributed by atoms with E-state index in [1.165, 1.54) is 0 Å². The first-order valence-electron chi connectivity index (χ1n) is 5.99. The van der Waals surface area contributed by atoms with Crippen LogP contribution in [-0.2, 0) is 0 Å². The molecule has 1 atom stereocenters. The summed E-state index contributed by atoms with van der Waals surface area (Å²) in [5.74, 6) is 0. The molecule has 2 aromatic rings. The van der Waals surface area contributed by atoms with Gasteiger partial charge in [0.15, 0.2) is 0 Å². The Morgan fingerprint density at radius 1 is 0.944 bits per heavy atom. The van der Waals surface area contributed by atoms with Gasteiger partial charge in [-0.05, 0) is 55.2 Å². The summed E-state index contributed by atoms with van der Waals surface area (Å²) < 4.78 is 0. The van der Waals surface area contributed by atoms with Gasteiger partial charge in [-0.25, -0.2) is 0 Å². The molecule has 1 nitrogen and oxygen atoms in total. The summed E-state index contributed by atoms with van der Waals surface area (Å²) in [4.78, 5) is 0. The third kappa shape index (κ3) is 2.74. The fourth-order valence-electron chi connectivity index (χ4n) is 2.16. The van der Waals surface area contributed by atoms with E-state index in [-0.39, 0.29) is 0 Å². The van der Waals surface area contributed by atoms with Gasteiger partial charge in [-0.3, -0.25) is 0 Å². The summed E-state index contributed by atoms with van der Waals surface area (Å²) in [6.45, 7) is 6.01. The lowest BCUT2D eigenvalue weighted by Gasteiger charge is -2.16. The maximum Gasteiger partial charge on any atom is 0.104 e. The normalized spacial score (nSPS) is 12.5. The Labute approximate surface area is 113 Å². The second-order valence-electron chi connectivity index (χ2n) is 4.82. The van der Waals surface area contributed by atoms with E-state index in [4.69, 9.17) is 11.6 Å². The number of aliphatic hydroxyl groups excluding tert-OH is 1. The van der Waals surface area contributed by atoms with E-state index in [2.05, 4.69) is 6.07 Å². The largest absolute Gasteiger partial charge is 0.384 e. The Kier molecular flexibility index (Phi) is 3.74. The molecule has 18 heavy (non-hydrogen) atoms. The van der Waals surface area contributed by atoms with Gasteiger partial charge in [-0.2, -0.15) is 0 Å². The van der Waals surface area contributed by atoms with Gasteiger partial charge in [0.25, 0.3) is 0 Å². The number of halogens is 1. The van der Waals surface area contributed by atoms with Crippen LogP contribution in [0.2, 0.25) is 5.02 Å². The Morgan fingerprint density at radius 2 is 1.67 bits per heavy atom. The molecule has 0 aromatic heterocycles. The van der Waals surface area contributed by atoms with E-state index in [1.54, 1.807) is 0 Å². The van der Waals surface area contributed by atoms with Crippen LogP contribution in [0, 0.1) is 20.8 Å². The van der Waals surface area contributed by atoms with Crippen LogP contribution in [0.15, 0.2) is 36.4 Å². The minimum atomic E-state index is -0.623. The van der Waals surface area contributed by atoms with Gasteiger partial charge in [0, 0.05) is 5.02 Å². The lowest BCUT2D eigenvalue weighted by Crippen LogP contribution is -2.03. The SMILES string of the molecule is Cc1cc(Cl)cc(C(O)c2cc(C)ccc2C)c1.